The first-order valence-corrected chi connectivity index (χ1v) is 6.89. The summed E-state index contributed by atoms with van der Waals surface area (Å²) in [7, 11) is 0. The minimum Gasteiger partial charge on any atom is -0.311 e. The van der Waals surface area contributed by atoms with Crippen molar-refractivity contribution in [3.8, 4) is 0 Å². The molecule has 15 heavy (non-hydrogen) atoms. The summed E-state index contributed by atoms with van der Waals surface area (Å²) in [4.78, 5) is 0. The van der Waals surface area contributed by atoms with E-state index in [-0.39, 0.29) is 0 Å². The minimum absolute atomic E-state index is 0.688. The molecule has 0 bridgehead atoms. The van der Waals surface area contributed by atoms with Gasteiger partial charge in [0, 0.05) is 12.1 Å². The second kappa shape index (κ2) is 6.52. The van der Waals surface area contributed by atoms with Gasteiger partial charge in [-0.1, -0.05) is 40.0 Å². The molecule has 1 fully saturated rings. The van der Waals surface area contributed by atoms with Gasteiger partial charge in [0.15, 0.2) is 0 Å². The molecule has 1 rings (SSSR count). The maximum absolute atomic E-state index is 3.83. The number of hydrogen-bond acceptors (Lipinski definition) is 1. The molecule has 0 spiro atoms. The maximum Gasteiger partial charge on any atom is 0.00697 e. The van der Waals surface area contributed by atoms with E-state index in [1.165, 1.54) is 38.5 Å². The third-order valence-electron chi connectivity index (χ3n) is 4.25. The van der Waals surface area contributed by atoms with Gasteiger partial charge in [0.1, 0.15) is 0 Å². The predicted octanol–water partition coefficient (Wildman–Crippen LogP) is 3.98. The first kappa shape index (κ1) is 13.0. The Morgan fingerprint density at radius 3 is 2.53 bits per heavy atom. The average Bonchev–Trinajstić information content (AvgIpc) is 2.42. The molecule has 0 aromatic heterocycles. The lowest BCUT2D eigenvalue weighted by molar-refractivity contribution is 0.328. The summed E-state index contributed by atoms with van der Waals surface area (Å²) in [5, 5.41) is 3.83. The van der Waals surface area contributed by atoms with Gasteiger partial charge >= 0.3 is 0 Å². The van der Waals surface area contributed by atoms with Crippen molar-refractivity contribution in [1.29, 1.82) is 0 Å². The molecule has 1 aliphatic rings. The zero-order valence-electron chi connectivity index (χ0n) is 11.1. The molecule has 4 unspecified atom stereocenters. The summed E-state index contributed by atoms with van der Waals surface area (Å²) < 4.78 is 0. The van der Waals surface area contributed by atoms with Crippen molar-refractivity contribution in [1.82, 2.24) is 5.32 Å². The van der Waals surface area contributed by atoms with Crippen LogP contribution in [0, 0.1) is 11.8 Å². The Balaban J connectivity index is 2.30. The molecule has 1 saturated carbocycles. The largest absolute Gasteiger partial charge is 0.311 e. The van der Waals surface area contributed by atoms with Crippen LogP contribution in [0.1, 0.15) is 66.2 Å². The fourth-order valence-corrected chi connectivity index (χ4v) is 2.54. The summed E-state index contributed by atoms with van der Waals surface area (Å²) in [5.41, 5.74) is 0. The number of rotatable bonds is 4. The fraction of sp³-hybridized carbons (Fsp3) is 1.00. The van der Waals surface area contributed by atoms with E-state index in [1.807, 2.05) is 0 Å². The van der Waals surface area contributed by atoms with E-state index in [0.717, 1.165) is 17.9 Å². The van der Waals surface area contributed by atoms with Gasteiger partial charge in [-0.25, -0.2) is 0 Å². The highest BCUT2D eigenvalue weighted by atomic mass is 14.9. The van der Waals surface area contributed by atoms with Crippen molar-refractivity contribution in [3.05, 3.63) is 0 Å². The summed E-state index contributed by atoms with van der Waals surface area (Å²) in [6.07, 6.45) is 8.36. The zero-order chi connectivity index (χ0) is 11.3. The Bertz CT molecular complexity index is 167. The molecule has 0 saturated heterocycles. The Hall–Kier alpha value is -0.0400. The van der Waals surface area contributed by atoms with Crippen LogP contribution in [0.3, 0.4) is 0 Å². The predicted molar refractivity (Wildman–Crippen MR) is 68.1 cm³/mol. The van der Waals surface area contributed by atoms with Crippen LogP contribution in [0.4, 0.5) is 0 Å². The van der Waals surface area contributed by atoms with Crippen LogP contribution >= 0.6 is 0 Å². The standard InChI is InChI=1S/C14H29N/c1-5-12(3)13(4)15-14-8-6-7-11(2)9-10-14/h11-15H,5-10H2,1-4H3. The molecular formula is C14H29N. The van der Waals surface area contributed by atoms with Crippen molar-refractivity contribution >= 4 is 0 Å². The number of hydrogen-bond donors (Lipinski definition) is 1. The first-order chi connectivity index (χ1) is 7.13. The van der Waals surface area contributed by atoms with Crippen LogP contribution in [0.15, 0.2) is 0 Å². The molecule has 1 N–H and O–H groups in total. The SMILES string of the molecule is CCC(C)C(C)NC1CCCC(C)CC1. The molecule has 0 aromatic rings. The first-order valence-electron chi connectivity index (χ1n) is 6.89. The molecule has 1 heteroatoms. The molecule has 0 aromatic carbocycles. The lowest BCUT2D eigenvalue weighted by Gasteiger charge is -2.26. The number of nitrogens with one attached hydrogen (secondary N) is 1. The van der Waals surface area contributed by atoms with E-state index in [0.29, 0.717) is 6.04 Å². The summed E-state index contributed by atoms with van der Waals surface area (Å²) in [6, 6.07) is 1.48. The highest BCUT2D eigenvalue weighted by molar-refractivity contribution is 4.78. The van der Waals surface area contributed by atoms with Gasteiger partial charge in [-0.2, -0.15) is 0 Å². The molecule has 0 amide bonds. The third-order valence-corrected chi connectivity index (χ3v) is 4.25. The third kappa shape index (κ3) is 4.55. The Morgan fingerprint density at radius 1 is 1.13 bits per heavy atom. The van der Waals surface area contributed by atoms with Crippen LogP contribution in [-0.4, -0.2) is 12.1 Å². The van der Waals surface area contributed by atoms with Gasteiger partial charge in [-0.15, -0.1) is 0 Å². The van der Waals surface area contributed by atoms with E-state index >= 15 is 0 Å². The fourth-order valence-electron chi connectivity index (χ4n) is 2.54. The van der Waals surface area contributed by atoms with Crippen molar-refractivity contribution in [2.24, 2.45) is 11.8 Å². The van der Waals surface area contributed by atoms with Crippen LogP contribution in [0.5, 0.6) is 0 Å². The van der Waals surface area contributed by atoms with E-state index in [2.05, 4.69) is 33.0 Å². The van der Waals surface area contributed by atoms with Gasteiger partial charge in [-0.05, 0) is 38.0 Å². The molecule has 1 aliphatic carbocycles. The molecule has 4 atom stereocenters. The van der Waals surface area contributed by atoms with Crippen molar-refractivity contribution in [2.75, 3.05) is 0 Å². The van der Waals surface area contributed by atoms with Gasteiger partial charge < -0.3 is 5.32 Å². The van der Waals surface area contributed by atoms with Gasteiger partial charge in [0.25, 0.3) is 0 Å². The Morgan fingerprint density at radius 2 is 1.87 bits per heavy atom. The van der Waals surface area contributed by atoms with E-state index in [9.17, 15) is 0 Å². The normalized spacial score (nSPS) is 32.0. The second-order valence-electron chi connectivity index (χ2n) is 5.65. The van der Waals surface area contributed by atoms with Crippen molar-refractivity contribution < 1.29 is 0 Å². The topological polar surface area (TPSA) is 12.0 Å². The highest BCUT2D eigenvalue weighted by Crippen LogP contribution is 2.23. The van der Waals surface area contributed by atoms with Gasteiger partial charge in [0.2, 0.25) is 0 Å². The Kier molecular flexibility index (Phi) is 5.66. The van der Waals surface area contributed by atoms with E-state index in [4.69, 9.17) is 0 Å². The van der Waals surface area contributed by atoms with Crippen LogP contribution in [-0.2, 0) is 0 Å². The van der Waals surface area contributed by atoms with Crippen LogP contribution < -0.4 is 5.32 Å². The monoisotopic (exact) mass is 211 g/mol. The van der Waals surface area contributed by atoms with Gasteiger partial charge in [0.05, 0.1) is 0 Å². The Labute approximate surface area is 96.0 Å². The smallest absolute Gasteiger partial charge is 0.00697 e. The molecule has 0 aliphatic heterocycles. The zero-order valence-corrected chi connectivity index (χ0v) is 11.1. The summed E-state index contributed by atoms with van der Waals surface area (Å²) in [6.45, 7) is 9.40. The molecule has 90 valence electrons. The average molecular weight is 211 g/mol. The quantitative estimate of drug-likeness (QED) is 0.694. The minimum atomic E-state index is 0.688. The van der Waals surface area contributed by atoms with Crippen molar-refractivity contribution in [3.63, 3.8) is 0 Å². The summed E-state index contributed by atoms with van der Waals surface area (Å²) in [5.74, 6) is 1.77. The van der Waals surface area contributed by atoms with E-state index in [1.54, 1.807) is 0 Å². The van der Waals surface area contributed by atoms with E-state index < -0.39 is 0 Å². The summed E-state index contributed by atoms with van der Waals surface area (Å²) >= 11 is 0. The van der Waals surface area contributed by atoms with Crippen molar-refractivity contribution in [2.45, 2.75) is 78.3 Å². The maximum atomic E-state index is 3.83. The van der Waals surface area contributed by atoms with Gasteiger partial charge in [-0.3, -0.25) is 0 Å². The second-order valence-corrected chi connectivity index (χ2v) is 5.65. The van der Waals surface area contributed by atoms with Crippen LogP contribution in [0.2, 0.25) is 0 Å². The molecule has 0 radical (unpaired) electrons. The lowest BCUT2D eigenvalue weighted by Crippen LogP contribution is -2.39. The lowest BCUT2D eigenvalue weighted by atomic mass is 9.98. The molecular weight excluding hydrogens is 182 g/mol. The molecule has 0 heterocycles. The highest BCUT2D eigenvalue weighted by Gasteiger charge is 2.19. The molecule has 1 nitrogen and oxygen atoms in total. The van der Waals surface area contributed by atoms with Crippen LogP contribution in [0.25, 0.3) is 0 Å².